The summed E-state index contributed by atoms with van der Waals surface area (Å²) in [4.78, 5) is 4.18. The van der Waals surface area contributed by atoms with Gasteiger partial charge in [-0.2, -0.15) is 0 Å². The third-order valence-electron chi connectivity index (χ3n) is 1.30. The van der Waals surface area contributed by atoms with E-state index in [-0.39, 0.29) is 0 Å². The lowest BCUT2D eigenvalue weighted by atomic mass is 10.2. The fourth-order valence-electron chi connectivity index (χ4n) is 0.795. The van der Waals surface area contributed by atoms with Crippen molar-refractivity contribution < 1.29 is 0 Å². The van der Waals surface area contributed by atoms with E-state index in [2.05, 4.69) is 18.0 Å². The summed E-state index contributed by atoms with van der Waals surface area (Å²) in [7, 11) is 0. The van der Waals surface area contributed by atoms with Crippen molar-refractivity contribution in [1.82, 2.24) is 0 Å². The summed E-state index contributed by atoms with van der Waals surface area (Å²) in [6, 6.07) is 0. The first-order valence-electron chi connectivity index (χ1n) is 4.15. The van der Waals surface area contributed by atoms with E-state index in [0.29, 0.717) is 0 Å². The molecular weight excluding hydrogens is 122 g/mol. The van der Waals surface area contributed by atoms with Gasteiger partial charge in [-0.05, 0) is 19.3 Å². The van der Waals surface area contributed by atoms with Gasteiger partial charge in [0.2, 0.25) is 0 Å². The molecule has 1 nitrogen and oxygen atoms in total. The molecule has 0 aromatic heterocycles. The van der Waals surface area contributed by atoms with Gasteiger partial charge in [0.25, 0.3) is 0 Å². The van der Waals surface area contributed by atoms with Crippen molar-refractivity contribution in [3.05, 3.63) is 11.8 Å². The Labute approximate surface area is 63.9 Å². The smallest absolute Gasteiger partial charge is 0.0357 e. The normalized spacial score (nSPS) is 15.3. The van der Waals surface area contributed by atoms with Gasteiger partial charge < -0.3 is 0 Å². The molecule has 0 atom stereocenters. The van der Waals surface area contributed by atoms with Crippen molar-refractivity contribution >= 4 is 6.21 Å². The van der Waals surface area contributed by atoms with E-state index in [4.69, 9.17) is 0 Å². The van der Waals surface area contributed by atoms with Crippen molar-refractivity contribution in [2.24, 2.45) is 4.99 Å². The Morgan fingerprint density at radius 3 is 2.40 bits per heavy atom. The quantitative estimate of drug-likeness (QED) is 0.529. The predicted molar refractivity (Wildman–Crippen MR) is 47.4 cm³/mol. The fourth-order valence-corrected chi connectivity index (χ4v) is 0.795. The van der Waals surface area contributed by atoms with Gasteiger partial charge in [-0.15, -0.1) is 0 Å². The van der Waals surface area contributed by atoms with E-state index in [1.807, 2.05) is 20.1 Å². The van der Waals surface area contributed by atoms with Gasteiger partial charge in [-0.3, -0.25) is 4.99 Å². The van der Waals surface area contributed by atoms with Crippen LogP contribution in [0.25, 0.3) is 0 Å². The van der Waals surface area contributed by atoms with Crippen LogP contribution in [0.15, 0.2) is 16.8 Å². The average molecular weight is 139 g/mol. The second kappa shape index (κ2) is 6.53. The monoisotopic (exact) mass is 139 g/mol. The molecule has 0 fully saturated rings. The molecule has 0 bridgehead atoms. The zero-order valence-electron chi connectivity index (χ0n) is 7.22. The Hall–Kier alpha value is -0.590. The van der Waals surface area contributed by atoms with Crippen LogP contribution in [-0.4, -0.2) is 6.21 Å². The summed E-state index contributed by atoms with van der Waals surface area (Å²) in [5, 5.41) is 0. The largest absolute Gasteiger partial charge is 0.266 e. The average Bonchev–Trinajstić information content (AvgIpc) is 2.10. The number of hydrogen-bond donors (Lipinski definition) is 0. The molecule has 10 heavy (non-hydrogen) atoms. The highest BCUT2D eigenvalue weighted by molar-refractivity contribution is 5.60. The van der Waals surface area contributed by atoms with Gasteiger partial charge in [-0.1, -0.05) is 26.8 Å². The molecule has 0 aliphatic carbocycles. The molecule has 0 aromatic carbocycles. The Bertz CT molecular complexity index is 123. The van der Waals surface area contributed by atoms with Crippen LogP contribution in [0.4, 0.5) is 0 Å². The van der Waals surface area contributed by atoms with Gasteiger partial charge in [0.15, 0.2) is 0 Å². The van der Waals surface area contributed by atoms with Crippen molar-refractivity contribution in [3.8, 4) is 0 Å². The van der Waals surface area contributed by atoms with Crippen LogP contribution in [0.5, 0.6) is 0 Å². The molecule has 0 amide bonds. The van der Waals surface area contributed by atoms with E-state index in [0.717, 1.165) is 12.8 Å². The molecule has 0 N–H and O–H groups in total. The Balaban J connectivity index is 0.000000371. The first-order valence-corrected chi connectivity index (χ1v) is 4.15. The molecule has 0 radical (unpaired) electrons. The van der Waals surface area contributed by atoms with Crippen molar-refractivity contribution in [1.29, 1.82) is 0 Å². The highest BCUT2D eigenvalue weighted by atomic mass is 14.7. The van der Waals surface area contributed by atoms with Crippen LogP contribution in [-0.2, 0) is 0 Å². The minimum Gasteiger partial charge on any atom is -0.266 e. The maximum atomic E-state index is 4.18. The number of hydrogen-bond acceptors (Lipinski definition) is 1. The SMILES string of the molecule is CC.CCC1=CCCC=N1. The minimum atomic E-state index is 1.08. The van der Waals surface area contributed by atoms with Gasteiger partial charge in [0.1, 0.15) is 0 Å². The Kier molecular flexibility index (Phi) is 6.14. The number of allylic oxidation sites excluding steroid dienone is 2. The summed E-state index contributed by atoms with van der Waals surface area (Å²) < 4.78 is 0. The molecule has 0 saturated heterocycles. The molecule has 0 unspecified atom stereocenters. The lowest BCUT2D eigenvalue weighted by Crippen LogP contribution is -1.85. The van der Waals surface area contributed by atoms with Gasteiger partial charge in [0.05, 0.1) is 0 Å². The molecule has 58 valence electrons. The van der Waals surface area contributed by atoms with Crippen LogP contribution in [0.2, 0.25) is 0 Å². The molecule has 1 heterocycles. The van der Waals surface area contributed by atoms with Crippen LogP contribution >= 0.6 is 0 Å². The molecule has 1 aliphatic heterocycles. The number of rotatable bonds is 1. The predicted octanol–water partition coefficient (Wildman–Crippen LogP) is 3.17. The Morgan fingerprint density at radius 2 is 2.10 bits per heavy atom. The van der Waals surface area contributed by atoms with Gasteiger partial charge >= 0.3 is 0 Å². The fraction of sp³-hybridized carbons (Fsp3) is 0.667. The van der Waals surface area contributed by atoms with E-state index >= 15 is 0 Å². The van der Waals surface area contributed by atoms with E-state index < -0.39 is 0 Å². The van der Waals surface area contributed by atoms with Crippen LogP contribution < -0.4 is 0 Å². The third-order valence-corrected chi connectivity index (χ3v) is 1.30. The van der Waals surface area contributed by atoms with Gasteiger partial charge in [-0.25, -0.2) is 0 Å². The molecule has 1 rings (SSSR count). The molecule has 1 aliphatic rings. The summed E-state index contributed by atoms with van der Waals surface area (Å²) in [6.07, 6.45) is 7.60. The lowest BCUT2D eigenvalue weighted by molar-refractivity contribution is 0.975. The zero-order chi connectivity index (χ0) is 7.82. The third kappa shape index (κ3) is 3.44. The molecule has 0 saturated carbocycles. The maximum Gasteiger partial charge on any atom is 0.0357 e. The topological polar surface area (TPSA) is 12.4 Å². The molecular formula is C9H17N. The van der Waals surface area contributed by atoms with Crippen molar-refractivity contribution in [2.75, 3.05) is 0 Å². The highest BCUT2D eigenvalue weighted by Gasteiger charge is 1.92. The van der Waals surface area contributed by atoms with E-state index in [9.17, 15) is 0 Å². The lowest BCUT2D eigenvalue weighted by Gasteiger charge is -2.00. The minimum absolute atomic E-state index is 1.08. The summed E-state index contributed by atoms with van der Waals surface area (Å²) in [5.74, 6) is 0. The summed E-state index contributed by atoms with van der Waals surface area (Å²) in [6.45, 7) is 6.13. The number of aliphatic imine (C=N–C) groups is 1. The van der Waals surface area contributed by atoms with Gasteiger partial charge in [0, 0.05) is 11.9 Å². The molecule has 0 spiro atoms. The van der Waals surface area contributed by atoms with Crippen LogP contribution in [0.3, 0.4) is 0 Å². The van der Waals surface area contributed by atoms with E-state index in [1.165, 1.54) is 12.1 Å². The van der Waals surface area contributed by atoms with Crippen LogP contribution in [0.1, 0.15) is 40.0 Å². The van der Waals surface area contributed by atoms with Crippen molar-refractivity contribution in [3.63, 3.8) is 0 Å². The molecule has 0 aromatic rings. The first kappa shape index (κ1) is 9.41. The molecule has 1 heteroatoms. The second-order valence-corrected chi connectivity index (χ2v) is 1.94. The summed E-state index contributed by atoms with van der Waals surface area (Å²) in [5.41, 5.74) is 1.25. The van der Waals surface area contributed by atoms with Crippen molar-refractivity contribution in [2.45, 2.75) is 40.0 Å². The van der Waals surface area contributed by atoms with E-state index in [1.54, 1.807) is 0 Å². The highest BCUT2D eigenvalue weighted by Crippen LogP contribution is 2.08. The first-order chi connectivity index (χ1) is 4.93. The summed E-state index contributed by atoms with van der Waals surface area (Å²) >= 11 is 0. The van der Waals surface area contributed by atoms with Crippen LogP contribution in [0, 0.1) is 0 Å². The standard InChI is InChI=1S/C7H11N.C2H6/c1-2-7-5-3-4-6-8-7;1-2/h5-6H,2-4H2,1H3;1-2H3. The maximum absolute atomic E-state index is 4.18. The zero-order valence-corrected chi connectivity index (χ0v) is 7.22. The second-order valence-electron chi connectivity index (χ2n) is 1.94. The Morgan fingerprint density at radius 1 is 1.40 bits per heavy atom. The number of nitrogens with zero attached hydrogens (tertiary/aromatic N) is 1.